The first-order valence-electron chi connectivity index (χ1n) is 10.3. The summed E-state index contributed by atoms with van der Waals surface area (Å²) in [6.07, 6.45) is 6.68. The highest BCUT2D eigenvalue weighted by atomic mass is 16.7. The average Bonchev–Trinajstić information content (AvgIpc) is 3.37. The molecule has 0 amide bonds. The molecule has 1 aliphatic carbocycles. The van der Waals surface area contributed by atoms with Gasteiger partial charge in [-0.1, -0.05) is 0 Å². The zero-order chi connectivity index (χ0) is 17.9. The highest BCUT2D eigenvalue weighted by Crippen LogP contribution is 2.32. The van der Waals surface area contributed by atoms with Crippen molar-refractivity contribution in [2.75, 3.05) is 39.6 Å². The minimum atomic E-state index is -0.0382. The van der Waals surface area contributed by atoms with Gasteiger partial charge in [-0.15, -0.1) is 0 Å². The lowest BCUT2D eigenvalue weighted by Gasteiger charge is -2.39. The Morgan fingerprint density at radius 2 is 1.69 bits per heavy atom. The van der Waals surface area contributed by atoms with Crippen molar-refractivity contribution >= 4 is 5.97 Å². The first-order valence-corrected chi connectivity index (χ1v) is 10.3. The van der Waals surface area contributed by atoms with E-state index in [1.165, 1.54) is 12.8 Å². The summed E-state index contributed by atoms with van der Waals surface area (Å²) in [6.45, 7) is 6.71. The van der Waals surface area contributed by atoms with Gasteiger partial charge < -0.3 is 18.9 Å². The number of fused-ring (bicyclic) bond motifs is 1. The third-order valence-electron chi connectivity index (χ3n) is 6.18. The highest BCUT2D eigenvalue weighted by molar-refractivity contribution is 5.72. The van der Waals surface area contributed by atoms with Gasteiger partial charge in [-0.2, -0.15) is 0 Å². The molecule has 7 heteroatoms. The van der Waals surface area contributed by atoms with Crippen LogP contribution in [0.1, 0.15) is 45.4 Å². The Hall–Kier alpha value is -0.730. The Morgan fingerprint density at radius 1 is 1.04 bits per heavy atom. The lowest BCUT2D eigenvalue weighted by atomic mass is 9.87. The minimum Gasteiger partial charge on any atom is -0.466 e. The second-order valence-electron chi connectivity index (χ2n) is 7.91. The Balaban J connectivity index is 1.33. The van der Waals surface area contributed by atoms with Crippen molar-refractivity contribution in [1.29, 1.82) is 0 Å². The molecule has 1 unspecified atom stereocenters. The number of nitrogens with zero attached hydrogens (tertiary/aromatic N) is 2. The Morgan fingerprint density at radius 3 is 2.31 bits per heavy atom. The van der Waals surface area contributed by atoms with Gasteiger partial charge in [0.25, 0.3) is 0 Å². The zero-order valence-electron chi connectivity index (χ0n) is 15.8. The van der Waals surface area contributed by atoms with E-state index in [2.05, 4.69) is 9.80 Å². The van der Waals surface area contributed by atoms with Crippen molar-refractivity contribution < 1.29 is 23.7 Å². The first-order chi connectivity index (χ1) is 12.7. The molecule has 148 valence electrons. The van der Waals surface area contributed by atoms with Crippen molar-refractivity contribution in [1.82, 2.24) is 9.80 Å². The van der Waals surface area contributed by atoms with Crippen LogP contribution in [0.4, 0.5) is 0 Å². The van der Waals surface area contributed by atoms with Crippen molar-refractivity contribution in [2.24, 2.45) is 5.92 Å². The number of hydrogen-bond acceptors (Lipinski definition) is 7. The molecule has 4 rings (SSSR count). The van der Waals surface area contributed by atoms with Crippen LogP contribution in [0.2, 0.25) is 0 Å². The van der Waals surface area contributed by atoms with Crippen LogP contribution < -0.4 is 0 Å². The van der Waals surface area contributed by atoms with E-state index in [1.807, 2.05) is 6.92 Å². The second kappa shape index (κ2) is 8.52. The summed E-state index contributed by atoms with van der Waals surface area (Å²) >= 11 is 0. The van der Waals surface area contributed by atoms with Gasteiger partial charge >= 0.3 is 5.97 Å². The van der Waals surface area contributed by atoms with Crippen LogP contribution in [0.3, 0.4) is 0 Å². The molecular formula is C19H32N2O5. The quantitative estimate of drug-likeness (QED) is 0.660. The van der Waals surface area contributed by atoms with Gasteiger partial charge in [0.15, 0.2) is 6.35 Å². The lowest BCUT2D eigenvalue weighted by Crippen LogP contribution is -2.50. The van der Waals surface area contributed by atoms with Gasteiger partial charge in [0, 0.05) is 26.2 Å². The molecule has 1 saturated carbocycles. The SMILES string of the molecule is CCOC(=O)C1CCC(OC(N2CCCC2)N2C[C@@H]3OCO[C@@H]3C2)CC1. The van der Waals surface area contributed by atoms with Crippen LogP contribution >= 0.6 is 0 Å². The van der Waals surface area contributed by atoms with E-state index in [-0.39, 0.29) is 36.6 Å². The Bertz CT molecular complexity index is 465. The van der Waals surface area contributed by atoms with Crippen molar-refractivity contribution in [3.05, 3.63) is 0 Å². The first kappa shape index (κ1) is 18.6. The van der Waals surface area contributed by atoms with Gasteiger partial charge in [0.05, 0.1) is 18.6 Å². The van der Waals surface area contributed by atoms with Gasteiger partial charge in [0.1, 0.15) is 19.0 Å². The monoisotopic (exact) mass is 368 g/mol. The van der Waals surface area contributed by atoms with Gasteiger partial charge in [-0.05, 0) is 45.4 Å². The Labute approximate surface area is 155 Å². The summed E-state index contributed by atoms with van der Waals surface area (Å²) in [7, 11) is 0. The molecule has 0 radical (unpaired) electrons. The Kier molecular flexibility index (Phi) is 6.10. The minimum absolute atomic E-state index is 0.0134. The summed E-state index contributed by atoms with van der Waals surface area (Å²) in [6, 6.07) is 0. The standard InChI is InChI=1S/C19H32N2O5/c1-2-23-18(22)14-5-7-15(8-6-14)26-19(20-9-3-4-10-20)21-11-16-17(12-21)25-13-24-16/h14-17,19H,2-13H2,1H3/t14?,15?,16-,17+,19?. The van der Waals surface area contributed by atoms with Crippen LogP contribution in [0.25, 0.3) is 0 Å². The number of ether oxygens (including phenoxy) is 4. The van der Waals surface area contributed by atoms with Crippen molar-refractivity contribution in [2.45, 2.75) is 70.1 Å². The number of likely N-dealkylation sites (tertiary alicyclic amines) is 2. The fourth-order valence-electron chi connectivity index (χ4n) is 4.72. The predicted octanol–water partition coefficient (Wildman–Crippen LogP) is 1.56. The summed E-state index contributed by atoms with van der Waals surface area (Å²) < 4.78 is 23.1. The molecule has 4 aliphatic rings. The number of hydrogen-bond donors (Lipinski definition) is 0. The molecule has 0 aromatic carbocycles. The molecule has 3 heterocycles. The molecule has 0 N–H and O–H groups in total. The third-order valence-corrected chi connectivity index (χ3v) is 6.18. The van der Waals surface area contributed by atoms with E-state index in [1.54, 1.807) is 0 Å². The molecule has 3 saturated heterocycles. The van der Waals surface area contributed by atoms with E-state index in [9.17, 15) is 4.79 Å². The van der Waals surface area contributed by atoms with E-state index >= 15 is 0 Å². The van der Waals surface area contributed by atoms with Crippen LogP contribution in [0.5, 0.6) is 0 Å². The number of esters is 1. The smallest absolute Gasteiger partial charge is 0.308 e. The van der Waals surface area contributed by atoms with Gasteiger partial charge in [-0.3, -0.25) is 14.6 Å². The number of carbonyl (C=O) groups is 1. The molecule has 0 aromatic heterocycles. The second-order valence-corrected chi connectivity index (χ2v) is 7.91. The predicted molar refractivity (Wildman–Crippen MR) is 94.2 cm³/mol. The maximum atomic E-state index is 11.9. The summed E-state index contributed by atoms with van der Waals surface area (Å²) in [4.78, 5) is 16.8. The lowest BCUT2D eigenvalue weighted by molar-refractivity contribution is -0.185. The molecule has 3 aliphatic heterocycles. The topological polar surface area (TPSA) is 60.5 Å². The molecule has 26 heavy (non-hydrogen) atoms. The van der Waals surface area contributed by atoms with Crippen LogP contribution in [0.15, 0.2) is 0 Å². The maximum absolute atomic E-state index is 11.9. The van der Waals surface area contributed by atoms with Crippen LogP contribution in [-0.4, -0.2) is 80.0 Å². The van der Waals surface area contributed by atoms with Crippen molar-refractivity contribution in [3.63, 3.8) is 0 Å². The average molecular weight is 368 g/mol. The number of rotatable bonds is 6. The summed E-state index contributed by atoms with van der Waals surface area (Å²) in [5.74, 6) is 0.0108. The van der Waals surface area contributed by atoms with Crippen LogP contribution in [-0.2, 0) is 23.7 Å². The zero-order valence-corrected chi connectivity index (χ0v) is 15.8. The summed E-state index contributed by atoms with van der Waals surface area (Å²) in [5.41, 5.74) is 0. The van der Waals surface area contributed by atoms with E-state index < -0.39 is 0 Å². The normalized spacial score (nSPS) is 37.0. The number of carbonyl (C=O) groups excluding carboxylic acids is 1. The molecule has 0 spiro atoms. The fraction of sp³-hybridized carbons (Fsp3) is 0.947. The molecule has 0 aromatic rings. The molecule has 4 fully saturated rings. The van der Waals surface area contributed by atoms with Gasteiger partial charge in [-0.25, -0.2) is 0 Å². The molecule has 3 atom stereocenters. The molecule has 7 nitrogen and oxygen atoms in total. The largest absolute Gasteiger partial charge is 0.466 e. The molecular weight excluding hydrogens is 336 g/mol. The van der Waals surface area contributed by atoms with Crippen LogP contribution in [0, 0.1) is 5.92 Å². The third kappa shape index (κ3) is 4.07. The van der Waals surface area contributed by atoms with Gasteiger partial charge in [0.2, 0.25) is 0 Å². The highest BCUT2D eigenvalue weighted by Gasteiger charge is 2.44. The van der Waals surface area contributed by atoms with E-state index in [4.69, 9.17) is 18.9 Å². The maximum Gasteiger partial charge on any atom is 0.308 e. The van der Waals surface area contributed by atoms with Crippen molar-refractivity contribution in [3.8, 4) is 0 Å². The fourth-order valence-corrected chi connectivity index (χ4v) is 4.72. The summed E-state index contributed by atoms with van der Waals surface area (Å²) in [5, 5.41) is 0. The van der Waals surface area contributed by atoms with E-state index in [0.717, 1.165) is 51.9 Å². The molecule has 0 bridgehead atoms. The van der Waals surface area contributed by atoms with E-state index in [0.29, 0.717) is 13.4 Å².